The van der Waals surface area contributed by atoms with E-state index in [1.807, 2.05) is 0 Å². The van der Waals surface area contributed by atoms with E-state index in [-0.39, 0.29) is 16.9 Å². The third kappa shape index (κ3) is 4.83. The van der Waals surface area contributed by atoms with Crippen molar-refractivity contribution in [2.75, 3.05) is 5.43 Å². The van der Waals surface area contributed by atoms with Crippen molar-refractivity contribution in [2.24, 2.45) is 5.10 Å². The molecule has 0 fully saturated rings. The van der Waals surface area contributed by atoms with Crippen LogP contribution in [0.3, 0.4) is 0 Å². The maximum absolute atomic E-state index is 13.5. The molecule has 0 atom stereocenters. The number of aryl methyl sites for hydroxylation is 1. The quantitative estimate of drug-likeness (QED) is 0.270. The number of hydrogen-bond acceptors (Lipinski definition) is 5. The number of aromatic carboxylic acids is 2. The van der Waals surface area contributed by atoms with Gasteiger partial charge in [0.05, 0.1) is 28.7 Å². The van der Waals surface area contributed by atoms with Crippen molar-refractivity contribution < 1.29 is 24.2 Å². The molecule has 3 N–H and O–H groups in total. The molecule has 8 nitrogen and oxygen atoms in total. The van der Waals surface area contributed by atoms with Crippen molar-refractivity contribution in [3.05, 3.63) is 101 Å². The number of carbonyl (C=O) groups is 2. The summed E-state index contributed by atoms with van der Waals surface area (Å²) in [5.41, 5.74) is 6.72. The highest BCUT2D eigenvalue weighted by Crippen LogP contribution is 2.24. The average molecular weight is 458 g/mol. The average Bonchev–Trinajstić information content (AvgIpc) is 3.25. The minimum Gasteiger partial charge on any atom is -0.478 e. The zero-order chi connectivity index (χ0) is 24.2. The van der Waals surface area contributed by atoms with Gasteiger partial charge in [0.2, 0.25) is 0 Å². The lowest BCUT2D eigenvalue weighted by Gasteiger charge is -2.03. The highest BCUT2D eigenvalue weighted by molar-refractivity contribution is 5.91. The molecule has 1 heterocycles. The molecule has 3 aromatic carbocycles. The number of nitrogens with zero attached hydrogens (tertiary/aromatic N) is 3. The van der Waals surface area contributed by atoms with E-state index in [4.69, 9.17) is 10.2 Å². The van der Waals surface area contributed by atoms with Gasteiger partial charge in [-0.05, 0) is 67.1 Å². The number of nitrogens with one attached hydrogen (secondary N) is 1. The zero-order valence-electron chi connectivity index (χ0n) is 17.9. The molecule has 0 spiro atoms. The van der Waals surface area contributed by atoms with Gasteiger partial charge in [-0.25, -0.2) is 18.7 Å². The SMILES string of the molecule is Cc1cc(N/N=C/c2cn(-c3ccc(C(=O)O)cc3)nc2-c2ccc(C(=O)O)cc2)ccc1F. The Kier molecular flexibility index (Phi) is 6.18. The number of halogens is 1. The summed E-state index contributed by atoms with van der Waals surface area (Å²) in [7, 11) is 0. The third-order valence-electron chi connectivity index (χ3n) is 5.08. The van der Waals surface area contributed by atoms with Crippen LogP contribution in [0.25, 0.3) is 16.9 Å². The van der Waals surface area contributed by atoms with Crippen molar-refractivity contribution in [1.29, 1.82) is 0 Å². The van der Waals surface area contributed by atoms with Crippen LogP contribution in [0.4, 0.5) is 10.1 Å². The lowest BCUT2D eigenvalue weighted by molar-refractivity contribution is 0.0686. The molecular weight excluding hydrogens is 439 g/mol. The molecule has 170 valence electrons. The minimum absolute atomic E-state index is 0.149. The summed E-state index contributed by atoms with van der Waals surface area (Å²) in [6.45, 7) is 1.66. The molecule has 4 rings (SSSR count). The van der Waals surface area contributed by atoms with E-state index >= 15 is 0 Å². The van der Waals surface area contributed by atoms with Gasteiger partial charge in [0.25, 0.3) is 0 Å². The maximum Gasteiger partial charge on any atom is 0.335 e. The second-order valence-electron chi connectivity index (χ2n) is 7.45. The first-order chi connectivity index (χ1) is 16.3. The molecule has 0 aliphatic rings. The number of carboxylic acids is 2. The van der Waals surface area contributed by atoms with Gasteiger partial charge >= 0.3 is 11.9 Å². The molecular formula is C25H19FN4O4. The van der Waals surface area contributed by atoms with Gasteiger partial charge in [0.1, 0.15) is 11.5 Å². The van der Waals surface area contributed by atoms with Crippen LogP contribution in [0.5, 0.6) is 0 Å². The fourth-order valence-electron chi connectivity index (χ4n) is 3.26. The number of rotatable bonds is 7. The van der Waals surface area contributed by atoms with E-state index in [1.54, 1.807) is 60.4 Å². The summed E-state index contributed by atoms with van der Waals surface area (Å²) in [4.78, 5) is 22.3. The van der Waals surface area contributed by atoms with Gasteiger partial charge in [-0.3, -0.25) is 5.43 Å². The molecule has 0 saturated carbocycles. The van der Waals surface area contributed by atoms with Gasteiger partial charge in [0.15, 0.2) is 0 Å². The summed E-state index contributed by atoms with van der Waals surface area (Å²) >= 11 is 0. The molecule has 0 radical (unpaired) electrons. The Balaban J connectivity index is 1.69. The number of aromatic nitrogens is 2. The monoisotopic (exact) mass is 458 g/mol. The van der Waals surface area contributed by atoms with Crippen LogP contribution in [0, 0.1) is 12.7 Å². The normalized spacial score (nSPS) is 11.0. The van der Waals surface area contributed by atoms with Crippen LogP contribution in [-0.2, 0) is 0 Å². The number of benzene rings is 3. The van der Waals surface area contributed by atoms with Crippen molar-refractivity contribution in [1.82, 2.24) is 9.78 Å². The Bertz CT molecular complexity index is 1390. The highest BCUT2D eigenvalue weighted by Gasteiger charge is 2.13. The summed E-state index contributed by atoms with van der Waals surface area (Å²) in [5, 5.41) is 27.1. The molecule has 0 unspecified atom stereocenters. The second-order valence-corrected chi connectivity index (χ2v) is 7.45. The lowest BCUT2D eigenvalue weighted by Crippen LogP contribution is -1.99. The third-order valence-corrected chi connectivity index (χ3v) is 5.08. The van der Waals surface area contributed by atoms with Gasteiger partial charge in [-0.15, -0.1) is 0 Å². The van der Waals surface area contributed by atoms with E-state index in [0.717, 1.165) is 0 Å². The van der Waals surface area contributed by atoms with Crippen LogP contribution in [-0.4, -0.2) is 38.1 Å². The maximum atomic E-state index is 13.5. The van der Waals surface area contributed by atoms with Gasteiger partial charge in [-0.2, -0.15) is 10.2 Å². The van der Waals surface area contributed by atoms with E-state index in [2.05, 4.69) is 15.6 Å². The van der Waals surface area contributed by atoms with Crippen molar-refractivity contribution in [3.63, 3.8) is 0 Å². The summed E-state index contributed by atoms with van der Waals surface area (Å²) in [5.74, 6) is -2.37. The van der Waals surface area contributed by atoms with Crippen LogP contribution >= 0.6 is 0 Å². The molecule has 0 aliphatic heterocycles. The van der Waals surface area contributed by atoms with Crippen molar-refractivity contribution in [2.45, 2.75) is 6.92 Å². The number of carboxylic acid groups (broad SMARTS) is 2. The van der Waals surface area contributed by atoms with E-state index in [1.165, 1.54) is 30.3 Å². The van der Waals surface area contributed by atoms with Gasteiger partial charge < -0.3 is 10.2 Å². The number of anilines is 1. The number of hydrazone groups is 1. The van der Waals surface area contributed by atoms with Crippen LogP contribution < -0.4 is 5.43 Å². The Morgan fingerprint density at radius 1 is 0.971 bits per heavy atom. The van der Waals surface area contributed by atoms with Gasteiger partial charge in [0, 0.05) is 17.3 Å². The smallest absolute Gasteiger partial charge is 0.335 e. The second kappa shape index (κ2) is 9.37. The fourth-order valence-corrected chi connectivity index (χ4v) is 3.26. The number of hydrogen-bond donors (Lipinski definition) is 3. The standard InChI is InChI=1S/C25H19FN4O4/c1-15-12-20(8-11-22(15)26)28-27-13-19-14-30(21-9-6-18(7-10-21)25(33)34)29-23(19)16-2-4-17(5-3-16)24(31)32/h2-14,28H,1H3,(H,31,32)(H,33,34)/b27-13+. The first-order valence-electron chi connectivity index (χ1n) is 10.1. The predicted octanol–water partition coefficient (Wildman–Crippen LogP) is 4.83. The molecule has 34 heavy (non-hydrogen) atoms. The summed E-state index contributed by atoms with van der Waals surface area (Å²) in [6, 6.07) is 17.0. The summed E-state index contributed by atoms with van der Waals surface area (Å²) in [6.07, 6.45) is 3.27. The Morgan fingerprint density at radius 2 is 1.59 bits per heavy atom. The van der Waals surface area contributed by atoms with E-state index in [9.17, 15) is 14.0 Å². The Hall–Kier alpha value is -4.79. The van der Waals surface area contributed by atoms with Gasteiger partial charge in [-0.1, -0.05) is 12.1 Å². The molecule has 4 aromatic rings. The summed E-state index contributed by atoms with van der Waals surface area (Å²) < 4.78 is 15.1. The Labute approximate surface area is 193 Å². The van der Waals surface area contributed by atoms with E-state index < -0.39 is 11.9 Å². The minimum atomic E-state index is -1.03. The first kappa shape index (κ1) is 22.4. The van der Waals surface area contributed by atoms with E-state index in [0.29, 0.717) is 33.8 Å². The molecule has 0 bridgehead atoms. The fraction of sp³-hybridized carbons (Fsp3) is 0.0400. The lowest BCUT2D eigenvalue weighted by atomic mass is 10.1. The van der Waals surface area contributed by atoms with Crippen molar-refractivity contribution in [3.8, 4) is 16.9 Å². The molecule has 0 saturated heterocycles. The molecule has 0 aliphatic carbocycles. The van der Waals surface area contributed by atoms with Crippen LogP contribution in [0.15, 0.2) is 78.0 Å². The zero-order valence-corrected chi connectivity index (χ0v) is 17.9. The molecule has 9 heteroatoms. The van der Waals surface area contributed by atoms with Crippen LogP contribution in [0.2, 0.25) is 0 Å². The van der Waals surface area contributed by atoms with Crippen molar-refractivity contribution >= 4 is 23.8 Å². The van der Waals surface area contributed by atoms with Crippen LogP contribution in [0.1, 0.15) is 31.8 Å². The highest BCUT2D eigenvalue weighted by atomic mass is 19.1. The largest absolute Gasteiger partial charge is 0.478 e. The Morgan fingerprint density at radius 3 is 2.18 bits per heavy atom. The topological polar surface area (TPSA) is 117 Å². The first-order valence-corrected chi connectivity index (χ1v) is 10.1. The molecule has 0 amide bonds. The predicted molar refractivity (Wildman–Crippen MR) is 125 cm³/mol. The molecule has 1 aromatic heterocycles.